The molecule has 0 aromatic rings. The Morgan fingerprint density at radius 3 is 1.29 bits per heavy atom. The smallest absolute Gasteiger partial charge is 0.0594 e. The molecule has 0 heterocycles. The molecule has 0 fully saturated rings. The molecule has 104 valence electrons. The molecular formula is C15H36PSi+. The molecule has 0 amide bonds. The van der Waals surface area contributed by atoms with Gasteiger partial charge in [-0.25, -0.2) is 0 Å². The van der Waals surface area contributed by atoms with Crippen molar-refractivity contribution < 1.29 is 0 Å². The fraction of sp³-hybridized carbons (Fsp3) is 1.00. The maximum atomic E-state index is 2.36. The molecule has 0 atom stereocenters. The van der Waals surface area contributed by atoms with Crippen LogP contribution in [0.15, 0.2) is 0 Å². The van der Waals surface area contributed by atoms with Crippen molar-refractivity contribution >= 4 is 17.5 Å². The lowest BCUT2D eigenvalue weighted by Gasteiger charge is -2.28. The largest absolute Gasteiger partial charge is 0.0652 e. The van der Waals surface area contributed by atoms with Crippen molar-refractivity contribution in [1.82, 2.24) is 0 Å². The third kappa shape index (κ3) is 8.38. The molecule has 0 saturated carbocycles. The zero-order chi connectivity index (χ0) is 13.0. The highest BCUT2D eigenvalue weighted by Crippen LogP contribution is 2.61. The van der Waals surface area contributed by atoms with Gasteiger partial charge < -0.3 is 0 Å². The van der Waals surface area contributed by atoms with Gasteiger partial charge in [0.25, 0.3) is 0 Å². The van der Waals surface area contributed by atoms with E-state index in [-0.39, 0.29) is 0 Å². The molecule has 0 aliphatic carbocycles. The van der Waals surface area contributed by atoms with Gasteiger partial charge in [0.05, 0.1) is 24.6 Å². The Hall–Kier alpha value is 0.647. The molecule has 0 aliphatic heterocycles. The Bertz CT molecular complexity index is 121. The third-order valence-electron chi connectivity index (χ3n) is 3.94. The minimum atomic E-state index is -0.540. The van der Waals surface area contributed by atoms with Gasteiger partial charge >= 0.3 is 0 Å². The van der Waals surface area contributed by atoms with Gasteiger partial charge in [-0.15, -0.1) is 0 Å². The second-order valence-corrected chi connectivity index (χ2v) is 11.1. The van der Waals surface area contributed by atoms with E-state index in [9.17, 15) is 0 Å². The zero-order valence-electron chi connectivity index (χ0n) is 12.9. The third-order valence-corrected chi connectivity index (χ3v) is 9.71. The first kappa shape index (κ1) is 17.6. The molecule has 0 nitrogen and oxygen atoms in total. The van der Waals surface area contributed by atoms with E-state index < -0.39 is 7.26 Å². The average Bonchev–Trinajstić information content (AvgIpc) is 2.37. The Balaban J connectivity index is 4.39. The molecule has 0 aromatic carbocycles. The van der Waals surface area contributed by atoms with Crippen LogP contribution in [0.4, 0.5) is 0 Å². The van der Waals surface area contributed by atoms with E-state index in [0.29, 0.717) is 0 Å². The van der Waals surface area contributed by atoms with Crippen molar-refractivity contribution in [3.8, 4) is 0 Å². The Kier molecular flexibility index (Phi) is 12.2. The van der Waals surface area contributed by atoms with Crippen molar-refractivity contribution in [3.05, 3.63) is 0 Å². The average molecular weight is 276 g/mol. The normalized spacial score (nSPS) is 12.2. The van der Waals surface area contributed by atoms with Crippen molar-refractivity contribution in [2.45, 2.75) is 71.8 Å². The summed E-state index contributed by atoms with van der Waals surface area (Å²) in [4.78, 5) is 0. The van der Waals surface area contributed by atoms with Crippen molar-refractivity contribution in [3.63, 3.8) is 0 Å². The molecule has 0 aromatic heterocycles. The van der Waals surface area contributed by atoms with Gasteiger partial charge in [0.2, 0.25) is 0 Å². The van der Waals surface area contributed by atoms with Crippen LogP contribution in [-0.2, 0) is 0 Å². The van der Waals surface area contributed by atoms with E-state index in [1.807, 2.05) is 0 Å². The van der Waals surface area contributed by atoms with Crippen LogP contribution >= 0.6 is 7.26 Å². The summed E-state index contributed by atoms with van der Waals surface area (Å²) in [5, 5.41) is 0. The molecular weight excluding hydrogens is 239 g/mol. The number of hydrogen-bond acceptors (Lipinski definition) is 0. The summed E-state index contributed by atoms with van der Waals surface area (Å²) >= 11 is 0. The number of hydrogen-bond donors (Lipinski definition) is 0. The minimum Gasteiger partial charge on any atom is -0.0652 e. The molecule has 0 N–H and O–H groups in total. The van der Waals surface area contributed by atoms with E-state index in [1.54, 1.807) is 31.1 Å². The van der Waals surface area contributed by atoms with Gasteiger partial charge in [0.15, 0.2) is 0 Å². The van der Waals surface area contributed by atoms with E-state index in [2.05, 4.69) is 20.8 Å². The molecule has 0 unspecified atom stereocenters. The lowest BCUT2D eigenvalue weighted by atomic mass is 10.4. The predicted molar refractivity (Wildman–Crippen MR) is 90.5 cm³/mol. The van der Waals surface area contributed by atoms with Crippen molar-refractivity contribution in [2.75, 3.05) is 24.6 Å². The van der Waals surface area contributed by atoms with E-state index in [0.717, 1.165) is 0 Å². The zero-order valence-corrected chi connectivity index (χ0v) is 15.8. The maximum Gasteiger partial charge on any atom is 0.0594 e. The summed E-state index contributed by atoms with van der Waals surface area (Å²) in [6.45, 7) is 7.09. The summed E-state index contributed by atoms with van der Waals surface area (Å²) in [6, 6.07) is 1.53. The van der Waals surface area contributed by atoms with Crippen LogP contribution in [-0.4, -0.2) is 34.9 Å². The van der Waals surface area contributed by atoms with Crippen molar-refractivity contribution in [2.24, 2.45) is 0 Å². The van der Waals surface area contributed by atoms with Crippen LogP contribution in [0, 0.1) is 0 Å². The molecule has 0 spiro atoms. The first-order chi connectivity index (χ1) is 8.24. The molecule has 0 saturated heterocycles. The Labute approximate surface area is 114 Å². The summed E-state index contributed by atoms with van der Waals surface area (Å²) in [5.74, 6) is 0. The van der Waals surface area contributed by atoms with E-state index in [1.165, 1.54) is 54.8 Å². The van der Waals surface area contributed by atoms with Gasteiger partial charge in [0.1, 0.15) is 0 Å². The highest BCUT2D eigenvalue weighted by molar-refractivity contribution is 7.75. The quantitative estimate of drug-likeness (QED) is 0.361. The number of unbranched alkanes of at least 4 members (excludes halogenated alkanes) is 3. The number of rotatable bonds is 12. The van der Waals surface area contributed by atoms with Crippen LogP contribution in [0.1, 0.15) is 65.7 Å². The predicted octanol–water partition coefficient (Wildman–Crippen LogP) is 4.58. The lowest BCUT2D eigenvalue weighted by Crippen LogP contribution is -2.12. The van der Waals surface area contributed by atoms with E-state index in [4.69, 9.17) is 0 Å². The SMILES string of the molecule is CCCC[P+](CCCC)(CCCC)CCC[SiH3]. The monoisotopic (exact) mass is 275 g/mol. The van der Waals surface area contributed by atoms with Gasteiger partial charge in [-0.1, -0.05) is 46.1 Å². The summed E-state index contributed by atoms with van der Waals surface area (Å²) in [5.41, 5.74) is 0. The second-order valence-electron chi connectivity index (χ2n) is 5.65. The maximum absolute atomic E-state index is 2.36. The second kappa shape index (κ2) is 11.7. The molecule has 17 heavy (non-hydrogen) atoms. The molecule has 0 rings (SSSR count). The van der Waals surface area contributed by atoms with E-state index >= 15 is 0 Å². The van der Waals surface area contributed by atoms with Crippen LogP contribution in [0.25, 0.3) is 0 Å². The van der Waals surface area contributed by atoms with Gasteiger partial charge in [0, 0.05) is 17.5 Å². The first-order valence-electron chi connectivity index (χ1n) is 8.09. The molecule has 0 bridgehead atoms. The van der Waals surface area contributed by atoms with Crippen LogP contribution in [0.3, 0.4) is 0 Å². The minimum absolute atomic E-state index is 0.540. The highest BCUT2D eigenvalue weighted by Gasteiger charge is 2.34. The summed E-state index contributed by atoms with van der Waals surface area (Å²) < 4.78 is 0. The molecule has 2 heteroatoms. The Morgan fingerprint density at radius 2 is 1.00 bits per heavy atom. The standard InChI is InChI=1S/C15H36PSi/c1-4-7-11-16(12-8-5-2,13-9-6-3)14-10-15-17/h4-15H2,1-3,17H3/q+1. The Morgan fingerprint density at radius 1 is 0.647 bits per heavy atom. The topological polar surface area (TPSA) is 0 Å². The van der Waals surface area contributed by atoms with Crippen LogP contribution in [0.5, 0.6) is 0 Å². The van der Waals surface area contributed by atoms with Crippen LogP contribution < -0.4 is 0 Å². The van der Waals surface area contributed by atoms with Crippen LogP contribution in [0.2, 0.25) is 6.04 Å². The van der Waals surface area contributed by atoms with Gasteiger partial charge in [-0.2, -0.15) is 0 Å². The fourth-order valence-corrected chi connectivity index (χ4v) is 8.88. The lowest BCUT2D eigenvalue weighted by molar-refractivity contribution is 0.828. The summed E-state index contributed by atoms with van der Waals surface area (Å²) in [7, 11) is 0.875. The molecule has 0 radical (unpaired) electrons. The highest BCUT2D eigenvalue weighted by atomic mass is 31.2. The fourth-order valence-electron chi connectivity index (χ4n) is 2.64. The summed E-state index contributed by atoms with van der Waals surface area (Å²) in [6.07, 6.45) is 16.8. The van der Waals surface area contributed by atoms with Gasteiger partial charge in [-0.3, -0.25) is 0 Å². The van der Waals surface area contributed by atoms with Crippen molar-refractivity contribution in [1.29, 1.82) is 0 Å². The first-order valence-corrected chi connectivity index (χ1v) is 12.0. The molecule has 0 aliphatic rings. The van der Waals surface area contributed by atoms with Gasteiger partial charge in [-0.05, 0) is 25.7 Å².